The molecule has 0 unspecified atom stereocenters. The number of rotatable bonds is 5. The highest BCUT2D eigenvalue weighted by atomic mass is 32.2. The summed E-state index contributed by atoms with van der Waals surface area (Å²) >= 11 is 4.55. The van der Waals surface area contributed by atoms with E-state index in [1.54, 1.807) is 17.8 Å². The monoisotopic (exact) mass is 314 g/mol. The molecule has 1 aromatic carbocycles. The normalized spacial score (nSPS) is 10.6. The van der Waals surface area contributed by atoms with Gasteiger partial charge in [0.1, 0.15) is 11.7 Å². The Kier molecular flexibility index (Phi) is 4.78. The smallest absolute Gasteiger partial charge is 0.175 e. The molecule has 19 heavy (non-hydrogen) atoms. The number of hydrogen-bond acceptors (Lipinski definition) is 6. The van der Waals surface area contributed by atoms with Gasteiger partial charge in [0, 0.05) is 11.3 Å². The van der Waals surface area contributed by atoms with Crippen molar-refractivity contribution in [1.29, 1.82) is 5.41 Å². The molecule has 2 aromatic rings. The molecule has 0 amide bonds. The summed E-state index contributed by atoms with van der Waals surface area (Å²) in [4.78, 5) is 0. The highest BCUT2D eigenvalue weighted by Crippen LogP contribution is 2.29. The van der Waals surface area contributed by atoms with Crippen molar-refractivity contribution in [2.75, 3.05) is 6.26 Å². The lowest BCUT2D eigenvalue weighted by Gasteiger charge is -2.03. The molecule has 0 radical (unpaired) electrons. The van der Waals surface area contributed by atoms with E-state index in [9.17, 15) is 4.39 Å². The van der Waals surface area contributed by atoms with Gasteiger partial charge in [0.15, 0.2) is 8.68 Å². The van der Waals surface area contributed by atoms with Crippen molar-refractivity contribution >= 4 is 40.7 Å². The molecule has 4 nitrogen and oxygen atoms in total. The van der Waals surface area contributed by atoms with Crippen molar-refractivity contribution in [2.24, 2.45) is 5.73 Å². The van der Waals surface area contributed by atoms with Crippen molar-refractivity contribution in [3.05, 3.63) is 35.1 Å². The van der Waals surface area contributed by atoms with Gasteiger partial charge in [-0.05, 0) is 30.0 Å². The lowest BCUT2D eigenvalue weighted by molar-refractivity contribution is 0.626. The summed E-state index contributed by atoms with van der Waals surface area (Å²) in [6, 6.07) is 4.41. The summed E-state index contributed by atoms with van der Waals surface area (Å²) in [5, 5.41) is 15.4. The summed E-state index contributed by atoms with van der Waals surface area (Å²) in [6.45, 7) is 0. The Morgan fingerprint density at radius 1 is 1.37 bits per heavy atom. The van der Waals surface area contributed by atoms with E-state index >= 15 is 0 Å². The summed E-state index contributed by atoms with van der Waals surface area (Å²) in [5.74, 6) is 0.0535. The second-order valence-corrected chi connectivity index (χ2v) is 6.84. The van der Waals surface area contributed by atoms with Gasteiger partial charge in [0.25, 0.3) is 0 Å². The Hall–Kier alpha value is -1.12. The molecular formula is C11H11FN4S3. The van der Waals surface area contributed by atoms with Crippen molar-refractivity contribution in [3.8, 4) is 0 Å². The molecule has 2 rings (SSSR count). The van der Waals surface area contributed by atoms with E-state index in [1.807, 2.05) is 6.26 Å². The van der Waals surface area contributed by atoms with Crippen LogP contribution in [0.25, 0.3) is 0 Å². The lowest BCUT2D eigenvalue weighted by Crippen LogP contribution is -2.11. The number of hydrogen-bond donors (Lipinski definition) is 2. The largest absolute Gasteiger partial charge is 0.384 e. The molecule has 1 aromatic heterocycles. The number of nitrogens with one attached hydrogen (secondary N) is 1. The van der Waals surface area contributed by atoms with Gasteiger partial charge >= 0.3 is 0 Å². The number of aromatic nitrogens is 2. The van der Waals surface area contributed by atoms with Crippen LogP contribution in [-0.4, -0.2) is 22.3 Å². The second-order valence-electron chi connectivity index (χ2n) is 3.59. The van der Waals surface area contributed by atoms with Crippen LogP contribution in [0.3, 0.4) is 0 Å². The maximum absolute atomic E-state index is 13.4. The number of halogens is 1. The molecule has 1 heterocycles. The van der Waals surface area contributed by atoms with Crippen LogP contribution < -0.4 is 5.73 Å². The quantitative estimate of drug-likeness (QED) is 0.504. The fourth-order valence-corrected chi connectivity index (χ4v) is 3.74. The van der Waals surface area contributed by atoms with Crippen LogP contribution in [-0.2, 0) is 5.75 Å². The molecular weight excluding hydrogens is 303 g/mol. The summed E-state index contributed by atoms with van der Waals surface area (Å²) in [6.07, 6.45) is 1.95. The van der Waals surface area contributed by atoms with Crippen LogP contribution in [0.5, 0.6) is 0 Å². The van der Waals surface area contributed by atoms with Crippen LogP contribution in [0.1, 0.15) is 11.1 Å². The highest BCUT2D eigenvalue weighted by Gasteiger charge is 2.07. The molecule has 0 saturated carbocycles. The molecule has 0 aliphatic heterocycles. The van der Waals surface area contributed by atoms with Gasteiger partial charge in [-0.3, -0.25) is 5.41 Å². The van der Waals surface area contributed by atoms with Crippen LogP contribution in [0.2, 0.25) is 0 Å². The zero-order chi connectivity index (χ0) is 13.8. The third kappa shape index (κ3) is 3.92. The molecule has 0 spiro atoms. The first-order valence-corrected chi connectivity index (χ1v) is 8.25. The molecule has 0 saturated heterocycles. The Labute approximate surface area is 122 Å². The lowest BCUT2D eigenvalue weighted by atomic mass is 10.1. The first kappa shape index (κ1) is 14.3. The van der Waals surface area contributed by atoms with E-state index < -0.39 is 0 Å². The zero-order valence-corrected chi connectivity index (χ0v) is 12.5. The van der Waals surface area contributed by atoms with E-state index in [4.69, 9.17) is 11.1 Å². The molecule has 0 fully saturated rings. The molecule has 0 atom stereocenters. The minimum atomic E-state index is -0.384. The van der Waals surface area contributed by atoms with Gasteiger partial charge in [0.05, 0.1) is 0 Å². The molecule has 3 N–H and O–H groups in total. The van der Waals surface area contributed by atoms with Crippen LogP contribution in [0.15, 0.2) is 26.9 Å². The molecule has 8 heteroatoms. The Morgan fingerprint density at radius 3 is 2.74 bits per heavy atom. The van der Waals surface area contributed by atoms with Gasteiger partial charge in [-0.1, -0.05) is 34.9 Å². The third-order valence-electron chi connectivity index (χ3n) is 2.19. The van der Waals surface area contributed by atoms with Crippen molar-refractivity contribution in [1.82, 2.24) is 10.2 Å². The fraction of sp³-hybridized carbons (Fsp3) is 0.182. The molecule has 0 bridgehead atoms. The van der Waals surface area contributed by atoms with Gasteiger partial charge in [0.2, 0.25) is 0 Å². The summed E-state index contributed by atoms with van der Waals surface area (Å²) < 4.78 is 15.1. The van der Waals surface area contributed by atoms with E-state index in [1.165, 1.54) is 35.2 Å². The fourth-order valence-electron chi connectivity index (χ4n) is 1.37. The highest BCUT2D eigenvalue weighted by molar-refractivity contribution is 8.02. The summed E-state index contributed by atoms with van der Waals surface area (Å²) in [7, 11) is 0. The number of nitrogen functional groups attached to an aromatic ring is 1. The Balaban J connectivity index is 2.08. The number of nitrogens with two attached hydrogens (primary N) is 1. The zero-order valence-electron chi connectivity index (χ0n) is 10.0. The van der Waals surface area contributed by atoms with Crippen molar-refractivity contribution < 1.29 is 4.39 Å². The minimum absolute atomic E-state index is 0.133. The Morgan fingerprint density at radius 2 is 2.11 bits per heavy atom. The number of nitrogens with zero attached hydrogens (tertiary/aromatic N) is 2. The van der Waals surface area contributed by atoms with E-state index in [-0.39, 0.29) is 11.7 Å². The maximum atomic E-state index is 13.4. The van der Waals surface area contributed by atoms with Crippen LogP contribution >= 0.6 is 34.9 Å². The Bertz CT molecular complexity index is 599. The standard InChI is InChI=1S/C11H11FN4S3/c1-17-10-15-16-11(19-10)18-5-6-2-7(9(13)14)4-8(12)3-6/h2-4H,5H2,1H3,(H3,13,14). The molecule has 0 aliphatic carbocycles. The maximum Gasteiger partial charge on any atom is 0.175 e. The first-order chi connectivity index (χ1) is 9.08. The predicted molar refractivity (Wildman–Crippen MR) is 78.7 cm³/mol. The van der Waals surface area contributed by atoms with E-state index in [0.717, 1.165) is 14.2 Å². The average molecular weight is 314 g/mol. The van der Waals surface area contributed by atoms with Crippen molar-refractivity contribution in [2.45, 2.75) is 14.4 Å². The first-order valence-electron chi connectivity index (χ1n) is 5.22. The number of thioether (sulfide) groups is 2. The van der Waals surface area contributed by atoms with Gasteiger partial charge < -0.3 is 5.73 Å². The van der Waals surface area contributed by atoms with E-state index in [2.05, 4.69) is 10.2 Å². The van der Waals surface area contributed by atoms with Crippen molar-refractivity contribution in [3.63, 3.8) is 0 Å². The van der Waals surface area contributed by atoms with E-state index in [0.29, 0.717) is 11.3 Å². The van der Waals surface area contributed by atoms with Gasteiger partial charge in [-0.15, -0.1) is 10.2 Å². The summed E-state index contributed by atoms with van der Waals surface area (Å²) in [5.41, 5.74) is 6.54. The second kappa shape index (κ2) is 6.36. The molecule has 100 valence electrons. The van der Waals surface area contributed by atoms with Gasteiger partial charge in [-0.2, -0.15) is 0 Å². The molecule has 0 aliphatic rings. The number of amidine groups is 1. The SMILES string of the molecule is CSc1nnc(SCc2cc(F)cc(C(=N)N)c2)s1. The average Bonchev–Trinajstić information content (AvgIpc) is 2.83. The number of benzene rings is 1. The van der Waals surface area contributed by atoms with Gasteiger partial charge in [-0.25, -0.2) is 4.39 Å². The third-order valence-corrected chi connectivity index (χ3v) is 5.30. The topological polar surface area (TPSA) is 75.7 Å². The van der Waals surface area contributed by atoms with Crippen LogP contribution in [0, 0.1) is 11.2 Å². The minimum Gasteiger partial charge on any atom is -0.384 e. The predicted octanol–water partition coefficient (Wildman–Crippen LogP) is 2.98. The van der Waals surface area contributed by atoms with Crippen LogP contribution in [0.4, 0.5) is 4.39 Å².